The van der Waals surface area contributed by atoms with Gasteiger partial charge in [0.15, 0.2) is 0 Å². The molecule has 2 aromatic rings. The zero-order valence-corrected chi connectivity index (χ0v) is 15.1. The summed E-state index contributed by atoms with van der Waals surface area (Å²) in [5.74, 6) is 0.737. The van der Waals surface area contributed by atoms with Crippen LogP contribution in [0.1, 0.15) is 12.1 Å². The summed E-state index contributed by atoms with van der Waals surface area (Å²) < 4.78 is 5.13. The predicted octanol–water partition coefficient (Wildman–Crippen LogP) is 2.33. The second kappa shape index (κ2) is 8.05. The maximum absolute atomic E-state index is 12.8. The molecule has 26 heavy (non-hydrogen) atoms. The summed E-state index contributed by atoms with van der Waals surface area (Å²) >= 11 is 0. The summed E-state index contributed by atoms with van der Waals surface area (Å²) in [6.45, 7) is 0.979. The van der Waals surface area contributed by atoms with Crippen molar-refractivity contribution in [1.29, 1.82) is 0 Å². The second-order valence-corrected chi connectivity index (χ2v) is 6.29. The first-order valence-corrected chi connectivity index (χ1v) is 8.60. The highest BCUT2D eigenvalue weighted by molar-refractivity contribution is 5.89. The standard InChI is InChI=1S/C19H24N4O3/c1-22-15(13-24)9-11-23(12-17-18(22)4-3-10-20-17)19(25)21-14-5-7-16(26-2)8-6-14/h3-8,10,15,24H,9,11-13H2,1-2H3,(H,21,25)/t15-/m0/s1. The molecule has 0 spiro atoms. The van der Waals surface area contributed by atoms with Crippen molar-refractivity contribution in [1.82, 2.24) is 9.88 Å². The molecule has 1 aliphatic rings. The minimum atomic E-state index is -0.187. The molecule has 0 saturated carbocycles. The van der Waals surface area contributed by atoms with Gasteiger partial charge in [0.05, 0.1) is 37.7 Å². The number of carbonyl (C=O) groups excluding carboxylic acids is 1. The van der Waals surface area contributed by atoms with E-state index >= 15 is 0 Å². The molecule has 0 bridgehead atoms. The first kappa shape index (κ1) is 18.0. The summed E-state index contributed by atoms with van der Waals surface area (Å²) in [6.07, 6.45) is 2.40. The van der Waals surface area contributed by atoms with Gasteiger partial charge in [-0.25, -0.2) is 4.79 Å². The number of ether oxygens (including phenoxy) is 1. The molecular weight excluding hydrogens is 332 g/mol. The van der Waals surface area contributed by atoms with Gasteiger partial charge < -0.3 is 25.0 Å². The van der Waals surface area contributed by atoms with Crippen molar-refractivity contribution in [3.63, 3.8) is 0 Å². The van der Waals surface area contributed by atoms with Crippen molar-refractivity contribution in [2.45, 2.75) is 19.0 Å². The summed E-state index contributed by atoms with van der Waals surface area (Å²) in [4.78, 5) is 21.0. The Bertz CT molecular complexity index is 751. The average Bonchev–Trinajstić information content (AvgIpc) is 2.66. The Kier molecular flexibility index (Phi) is 5.58. The van der Waals surface area contributed by atoms with Gasteiger partial charge in [-0.3, -0.25) is 4.98 Å². The molecule has 7 heteroatoms. The van der Waals surface area contributed by atoms with Crippen LogP contribution in [-0.4, -0.2) is 54.4 Å². The number of nitrogens with zero attached hydrogens (tertiary/aromatic N) is 3. The van der Waals surface area contributed by atoms with Crippen LogP contribution in [0.15, 0.2) is 42.6 Å². The van der Waals surface area contributed by atoms with Crippen molar-refractivity contribution in [3.05, 3.63) is 48.3 Å². The normalized spacial score (nSPS) is 17.1. The number of hydrogen-bond acceptors (Lipinski definition) is 5. The zero-order chi connectivity index (χ0) is 18.5. The Hall–Kier alpha value is -2.80. The topological polar surface area (TPSA) is 77.9 Å². The van der Waals surface area contributed by atoms with E-state index in [0.29, 0.717) is 25.2 Å². The number of anilines is 2. The SMILES string of the molecule is COc1ccc(NC(=O)N2CC[C@@H](CO)N(C)c3cccnc3C2)cc1. The Morgan fingerprint density at radius 1 is 1.35 bits per heavy atom. The summed E-state index contributed by atoms with van der Waals surface area (Å²) in [6, 6.07) is 10.8. The fourth-order valence-corrected chi connectivity index (χ4v) is 3.09. The number of aromatic nitrogens is 1. The van der Waals surface area contributed by atoms with E-state index in [0.717, 1.165) is 17.1 Å². The molecule has 2 heterocycles. The molecule has 1 aromatic carbocycles. The van der Waals surface area contributed by atoms with Crippen LogP contribution in [-0.2, 0) is 6.54 Å². The van der Waals surface area contributed by atoms with E-state index in [1.165, 1.54) is 0 Å². The number of fused-ring (bicyclic) bond motifs is 1. The number of amides is 2. The number of aliphatic hydroxyl groups excluding tert-OH is 1. The lowest BCUT2D eigenvalue weighted by Crippen LogP contribution is -2.44. The predicted molar refractivity (Wildman–Crippen MR) is 101 cm³/mol. The van der Waals surface area contributed by atoms with Crippen LogP contribution in [0.3, 0.4) is 0 Å². The van der Waals surface area contributed by atoms with Crippen LogP contribution in [0.2, 0.25) is 0 Å². The molecule has 0 unspecified atom stereocenters. The molecule has 1 aromatic heterocycles. The number of carbonyl (C=O) groups is 1. The van der Waals surface area contributed by atoms with Gasteiger partial charge >= 0.3 is 6.03 Å². The van der Waals surface area contributed by atoms with Gasteiger partial charge in [-0.1, -0.05) is 0 Å². The van der Waals surface area contributed by atoms with Gasteiger partial charge in [-0.05, 0) is 42.8 Å². The molecule has 0 saturated heterocycles. The number of rotatable bonds is 3. The molecule has 138 valence electrons. The number of benzene rings is 1. The largest absolute Gasteiger partial charge is 0.497 e. The first-order valence-electron chi connectivity index (χ1n) is 8.60. The minimum Gasteiger partial charge on any atom is -0.497 e. The summed E-state index contributed by atoms with van der Waals surface area (Å²) in [5.41, 5.74) is 2.46. The Morgan fingerprint density at radius 3 is 2.81 bits per heavy atom. The third-order valence-corrected chi connectivity index (χ3v) is 4.71. The molecular formula is C19H24N4O3. The van der Waals surface area contributed by atoms with E-state index in [-0.39, 0.29) is 18.7 Å². The van der Waals surface area contributed by atoms with E-state index in [1.54, 1.807) is 42.5 Å². The van der Waals surface area contributed by atoms with E-state index in [2.05, 4.69) is 10.3 Å². The van der Waals surface area contributed by atoms with Crippen molar-refractivity contribution in [2.24, 2.45) is 0 Å². The maximum atomic E-state index is 12.8. The van der Waals surface area contributed by atoms with E-state index in [9.17, 15) is 9.90 Å². The van der Waals surface area contributed by atoms with Crippen LogP contribution in [0.25, 0.3) is 0 Å². The van der Waals surface area contributed by atoms with Crippen LogP contribution >= 0.6 is 0 Å². The van der Waals surface area contributed by atoms with Crippen LogP contribution < -0.4 is 15.0 Å². The number of likely N-dealkylation sites (N-methyl/N-ethyl adjacent to an activating group) is 1. The third kappa shape index (κ3) is 3.88. The quantitative estimate of drug-likeness (QED) is 0.883. The van der Waals surface area contributed by atoms with Gasteiger partial charge in [0.2, 0.25) is 0 Å². The fourth-order valence-electron chi connectivity index (χ4n) is 3.09. The van der Waals surface area contributed by atoms with Crippen LogP contribution in [0, 0.1) is 0 Å². The van der Waals surface area contributed by atoms with Crippen molar-refractivity contribution in [2.75, 3.05) is 37.5 Å². The smallest absolute Gasteiger partial charge is 0.322 e. The van der Waals surface area contributed by atoms with Crippen molar-refractivity contribution >= 4 is 17.4 Å². The van der Waals surface area contributed by atoms with Gasteiger partial charge in [-0.2, -0.15) is 0 Å². The Morgan fingerprint density at radius 2 is 2.12 bits per heavy atom. The highest BCUT2D eigenvalue weighted by Gasteiger charge is 2.25. The lowest BCUT2D eigenvalue weighted by atomic mass is 10.1. The number of hydrogen-bond donors (Lipinski definition) is 2. The highest BCUT2D eigenvalue weighted by Crippen LogP contribution is 2.25. The van der Waals surface area contributed by atoms with Crippen LogP contribution in [0.4, 0.5) is 16.2 Å². The van der Waals surface area contributed by atoms with E-state index < -0.39 is 0 Å². The van der Waals surface area contributed by atoms with E-state index in [4.69, 9.17) is 4.74 Å². The molecule has 0 aliphatic carbocycles. The number of urea groups is 1. The second-order valence-electron chi connectivity index (χ2n) is 6.29. The van der Waals surface area contributed by atoms with Gasteiger partial charge in [0, 0.05) is 25.5 Å². The zero-order valence-electron chi connectivity index (χ0n) is 15.1. The lowest BCUT2D eigenvalue weighted by Gasteiger charge is -2.35. The highest BCUT2D eigenvalue weighted by atomic mass is 16.5. The molecule has 2 amide bonds. The molecule has 1 aliphatic heterocycles. The Labute approximate surface area is 153 Å². The summed E-state index contributed by atoms with van der Waals surface area (Å²) in [5, 5.41) is 12.6. The molecule has 2 N–H and O–H groups in total. The van der Waals surface area contributed by atoms with Gasteiger partial charge in [0.1, 0.15) is 5.75 Å². The maximum Gasteiger partial charge on any atom is 0.322 e. The van der Waals surface area contributed by atoms with Gasteiger partial charge in [0.25, 0.3) is 0 Å². The van der Waals surface area contributed by atoms with Crippen molar-refractivity contribution < 1.29 is 14.6 Å². The number of methoxy groups -OCH3 is 1. The fraction of sp³-hybridized carbons (Fsp3) is 0.368. The lowest BCUT2D eigenvalue weighted by molar-refractivity contribution is 0.195. The Balaban J connectivity index is 1.78. The van der Waals surface area contributed by atoms with E-state index in [1.807, 2.05) is 24.1 Å². The molecule has 1 atom stereocenters. The third-order valence-electron chi connectivity index (χ3n) is 4.71. The molecule has 0 radical (unpaired) electrons. The van der Waals surface area contributed by atoms with Crippen molar-refractivity contribution in [3.8, 4) is 5.75 Å². The molecule has 0 fully saturated rings. The average molecular weight is 356 g/mol. The van der Waals surface area contributed by atoms with Gasteiger partial charge in [-0.15, -0.1) is 0 Å². The summed E-state index contributed by atoms with van der Waals surface area (Å²) in [7, 11) is 3.56. The number of aliphatic hydroxyl groups is 1. The molecule has 3 rings (SSSR count). The minimum absolute atomic E-state index is 0.0266. The number of nitrogens with one attached hydrogen (secondary N) is 1. The monoisotopic (exact) mass is 356 g/mol. The number of pyridine rings is 1. The first-order chi connectivity index (χ1) is 12.6. The van der Waals surface area contributed by atoms with Crippen LogP contribution in [0.5, 0.6) is 5.75 Å². The molecule has 7 nitrogen and oxygen atoms in total.